The van der Waals surface area contributed by atoms with Gasteiger partial charge in [0.1, 0.15) is 0 Å². The molecule has 1 aromatic heterocycles. The average Bonchev–Trinajstić information content (AvgIpc) is 3.20. The third-order valence-electron chi connectivity index (χ3n) is 5.89. The smallest absolute Gasteiger partial charge is 0.338 e. The Morgan fingerprint density at radius 1 is 1.13 bits per heavy atom. The number of benzene rings is 2. The standard InChI is InChI=1S/C26H30N2O2/c1-2-30-26(29)21-12-13-24-22(18-28-25(24)17-21)10-6-7-11-23-16-20(14-15-27-23)19-8-4-3-5-9-19/h3-5,8-9,12-14,17-18,23,27-28H,2,6-7,10-11,15-16H2,1H3. The number of fused-ring (bicyclic) bond motifs is 1. The summed E-state index contributed by atoms with van der Waals surface area (Å²) in [4.78, 5) is 15.2. The van der Waals surface area contributed by atoms with Gasteiger partial charge >= 0.3 is 5.97 Å². The summed E-state index contributed by atoms with van der Waals surface area (Å²) < 4.78 is 5.09. The van der Waals surface area contributed by atoms with Crippen molar-refractivity contribution >= 4 is 22.4 Å². The highest BCUT2D eigenvalue weighted by atomic mass is 16.5. The minimum absolute atomic E-state index is 0.264. The first kappa shape index (κ1) is 20.4. The number of esters is 1. The molecule has 0 fully saturated rings. The SMILES string of the molecule is CCOC(=O)c1ccc2c(CCCCC3CC(c4ccccc4)=CCN3)c[nH]c2c1. The van der Waals surface area contributed by atoms with Crippen LogP contribution >= 0.6 is 0 Å². The summed E-state index contributed by atoms with van der Waals surface area (Å²) in [6, 6.07) is 17.1. The van der Waals surface area contributed by atoms with E-state index in [1.165, 1.54) is 34.9 Å². The Kier molecular flexibility index (Phi) is 6.65. The number of H-pyrrole nitrogens is 1. The molecule has 2 N–H and O–H groups in total. The van der Waals surface area contributed by atoms with Crippen LogP contribution in [0.15, 0.2) is 60.8 Å². The van der Waals surface area contributed by atoms with Crippen LogP contribution in [0.5, 0.6) is 0 Å². The van der Waals surface area contributed by atoms with Crippen LogP contribution in [0.3, 0.4) is 0 Å². The van der Waals surface area contributed by atoms with Gasteiger partial charge in [-0.05, 0) is 61.4 Å². The molecule has 0 spiro atoms. The van der Waals surface area contributed by atoms with Gasteiger partial charge in [0, 0.05) is 29.7 Å². The zero-order valence-electron chi connectivity index (χ0n) is 17.6. The molecular weight excluding hydrogens is 372 g/mol. The highest BCUT2D eigenvalue weighted by Gasteiger charge is 2.16. The molecule has 0 amide bonds. The third-order valence-corrected chi connectivity index (χ3v) is 5.89. The lowest BCUT2D eigenvalue weighted by Gasteiger charge is -2.24. The van der Waals surface area contributed by atoms with Crippen LogP contribution in [0.4, 0.5) is 0 Å². The van der Waals surface area contributed by atoms with Crippen LogP contribution in [-0.2, 0) is 11.2 Å². The van der Waals surface area contributed by atoms with E-state index in [1.807, 2.05) is 25.1 Å². The molecule has 1 aliphatic heterocycles. The topological polar surface area (TPSA) is 54.1 Å². The first-order valence-electron chi connectivity index (χ1n) is 11.0. The van der Waals surface area contributed by atoms with Crippen molar-refractivity contribution in [3.8, 4) is 0 Å². The van der Waals surface area contributed by atoms with Crippen LogP contribution in [-0.4, -0.2) is 30.1 Å². The zero-order valence-corrected chi connectivity index (χ0v) is 17.6. The van der Waals surface area contributed by atoms with Gasteiger partial charge in [0.05, 0.1) is 12.2 Å². The number of carbonyl (C=O) groups excluding carboxylic acids is 1. The molecule has 4 rings (SSSR count). The normalized spacial score (nSPS) is 16.4. The maximum atomic E-state index is 11.9. The Morgan fingerprint density at radius 3 is 2.83 bits per heavy atom. The van der Waals surface area contributed by atoms with Crippen molar-refractivity contribution in [2.24, 2.45) is 0 Å². The molecule has 0 saturated heterocycles. The van der Waals surface area contributed by atoms with Crippen molar-refractivity contribution in [3.63, 3.8) is 0 Å². The second kappa shape index (κ2) is 9.77. The maximum absolute atomic E-state index is 11.9. The molecule has 30 heavy (non-hydrogen) atoms. The van der Waals surface area contributed by atoms with Gasteiger partial charge in [-0.15, -0.1) is 0 Å². The van der Waals surface area contributed by atoms with Crippen molar-refractivity contribution < 1.29 is 9.53 Å². The fourth-order valence-electron chi connectivity index (χ4n) is 4.30. The maximum Gasteiger partial charge on any atom is 0.338 e. The largest absolute Gasteiger partial charge is 0.462 e. The zero-order chi connectivity index (χ0) is 20.8. The molecule has 1 unspecified atom stereocenters. The first-order valence-corrected chi connectivity index (χ1v) is 11.0. The van der Waals surface area contributed by atoms with E-state index in [-0.39, 0.29) is 5.97 Å². The van der Waals surface area contributed by atoms with Gasteiger partial charge in [-0.3, -0.25) is 0 Å². The van der Waals surface area contributed by atoms with E-state index in [1.54, 1.807) is 0 Å². The summed E-state index contributed by atoms with van der Waals surface area (Å²) in [5, 5.41) is 4.84. The van der Waals surface area contributed by atoms with Gasteiger partial charge in [-0.25, -0.2) is 4.79 Å². The predicted octanol–water partition coefficient (Wildman–Crippen LogP) is 5.50. The Bertz CT molecular complexity index is 1020. The molecule has 0 aliphatic carbocycles. The molecule has 0 radical (unpaired) electrons. The average molecular weight is 403 g/mol. The van der Waals surface area contributed by atoms with Crippen molar-refractivity contribution in [1.29, 1.82) is 0 Å². The predicted molar refractivity (Wildman–Crippen MR) is 123 cm³/mol. The van der Waals surface area contributed by atoms with E-state index in [0.717, 1.165) is 31.3 Å². The summed E-state index contributed by atoms with van der Waals surface area (Å²) in [6.07, 6.45) is 10.1. The van der Waals surface area contributed by atoms with Crippen LogP contribution < -0.4 is 5.32 Å². The van der Waals surface area contributed by atoms with Crippen molar-refractivity contribution in [2.45, 2.75) is 45.1 Å². The lowest BCUT2D eigenvalue weighted by Crippen LogP contribution is -2.32. The van der Waals surface area contributed by atoms with Crippen LogP contribution in [0.25, 0.3) is 16.5 Å². The Balaban J connectivity index is 1.28. The number of hydrogen-bond donors (Lipinski definition) is 2. The summed E-state index contributed by atoms with van der Waals surface area (Å²) in [5.41, 5.74) is 5.74. The fourth-order valence-corrected chi connectivity index (χ4v) is 4.30. The number of aromatic nitrogens is 1. The molecule has 156 valence electrons. The summed E-state index contributed by atoms with van der Waals surface area (Å²) in [7, 11) is 0. The van der Waals surface area contributed by atoms with Crippen LogP contribution in [0.1, 0.15) is 54.1 Å². The molecule has 4 heteroatoms. The summed E-state index contributed by atoms with van der Waals surface area (Å²) in [6.45, 7) is 3.18. The molecule has 1 atom stereocenters. The second-order valence-corrected chi connectivity index (χ2v) is 7.95. The van der Waals surface area contributed by atoms with Gasteiger partial charge in [0.2, 0.25) is 0 Å². The number of nitrogens with one attached hydrogen (secondary N) is 2. The number of hydrogen-bond acceptors (Lipinski definition) is 3. The molecule has 0 saturated carbocycles. The van der Waals surface area contributed by atoms with Crippen LogP contribution in [0.2, 0.25) is 0 Å². The molecule has 4 nitrogen and oxygen atoms in total. The summed E-state index contributed by atoms with van der Waals surface area (Å²) >= 11 is 0. The molecule has 2 aromatic carbocycles. The molecule has 0 bridgehead atoms. The number of ether oxygens (including phenoxy) is 1. The van der Waals surface area contributed by atoms with Gasteiger partial charge in [-0.2, -0.15) is 0 Å². The highest BCUT2D eigenvalue weighted by molar-refractivity contribution is 5.95. The lowest BCUT2D eigenvalue weighted by molar-refractivity contribution is 0.0526. The van der Waals surface area contributed by atoms with Crippen molar-refractivity contribution in [1.82, 2.24) is 10.3 Å². The van der Waals surface area contributed by atoms with Gasteiger partial charge in [0.25, 0.3) is 0 Å². The molecule has 2 heterocycles. The number of unbranched alkanes of at least 4 members (excludes halogenated alkanes) is 1. The number of aromatic amines is 1. The van der Waals surface area contributed by atoms with Crippen molar-refractivity contribution in [3.05, 3.63) is 77.5 Å². The van der Waals surface area contributed by atoms with E-state index in [4.69, 9.17) is 4.74 Å². The highest BCUT2D eigenvalue weighted by Crippen LogP contribution is 2.25. The van der Waals surface area contributed by atoms with E-state index in [2.05, 4.69) is 52.9 Å². The van der Waals surface area contributed by atoms with E-state index < -0.39 is 0 Å². The Labute approximate surface area is 178 Å². The number of rotatable bonds is 8. The Morgan fingerprint density at radius 2 is 2.00 bits per heavy atom. The Hall–Kier alpha value is -2.85. The van der Waals surface area contributed by atoms with Crippen molar-refractivity contribution in [2.75, 3.05) is 13.2 Å². The monoisotopic (exact) mass is 402 g/mol. The quantitative estimate of drug-likeness (QED) is 0.386. The van der Waals surface area contributed by atoms with Gasteiger partial charge < -0.3 is 15.0 Å². The summed E-state index contributed by atoms with van der Waals surface area (Å²) in [5.74, 6) is -0.264. The molecular formula is C26H30N2O2. The van der Waals surface area contributed by atoms with Crippen LogP contribution in [0, 0.1) is 0 Å². The molecule has 3 aromatic rings. The lowest BCUT2D eigenvalue weighted by atomic mass is 9.92. The van der Waals surface area contributed by atoms with E-state index in [9.17, 15) is 4.79 Å². The van der Waals surface area contributed by atoms with Gasteiger partial charge in [-0.1, -0.05) is 48.9 Å². The minimum Gasteiger partial charge on any atom is -0.462 e. The van der Waals surface area contributed by atoms with E-state index >= 15 is 0 Å². The third kappa shape index (κ3) is 4.82. The first-order chi connectivity index (χ1) is 14.7. The number of aryl methyl sites for hydroxylation is 1. The minimum atomic E-state index is -0.264. The fraction of sp³-hybridized carbons (Fsp3) is 0.346. The number of carbonyl (C=O) groups is 1. The van der Waals surface area contributed by atoms with Gasteiger partial charge in [0.15, 0.2) is 0 Å². The molecule has 1 aliphatic rings. The van der Waals surface area contributed by atoms with E-state index in [0.29, 0.717) is 18.2 Å². The second-order valence-electron chi connectivity index (χ2n) is 7.95.